The van der Waals surface area contributed by atoms with Crippen LogP contribution >= 0.6 is 22.6 Å². The van der Waals surface area contributed by atoms with E-state index in [-0.39, 0.29) is 12.5 Å². The molecule has 11 heteroatoms. The molecule has 0 fully saturated rings. The molecule has 0 aliphatic rings. The first-order chi connectivity index (χ1) is 18.7. The van der Waals surface area contributed by atoms with Crippen LogP contribution in [0.25, 0.3) is 0 Å². The van der Waals surface area contributed by atoms with Crippen molar-refractivity contribution in [2.45, 2.75) is 20.8 Å². The van der Waals surface area contributed by atoms with Crippen molar-refractivity contribution in [3.05, 3.63) is 74.9 Å². The number of anilines is 2. The first-order valence-electron chi connectivity index (χ1n) is 11.9. The Labute approximate surface area is 240 Å². The van der Waals surface area contributed by atoms with Crippen LogP contribution < -0.4 is 30.3 Å². The number of carbonyl (C=O) groups excluding carboxylic acids is 3. The van der Waals surface area contributed by atoms with Gasteiger partial charge in [-0.25, -0.2) is 5.43 Å². The normalized spacial score (nSPS) is 10.6. The standard InChI is InChI=1S/C28H29IN4O6/c1-5-38-23-9-7-6-8-22(23)32-27(35)28(36)33-30-15-19-13-21(29)26(24(14-19)37-4)39-16-25(34)31-20-11-17(2)10-18(3)12-20/h6-15H,5,16H2,1-4H3,(H,31,34)(H,32,35)(H,33,36)/b30-15-. The molecule has 3 aromatic rings. The summed E-state index contributed by atoms with van der Waals surface area (Å²) in [5.74, 6) is -0.936. The molecule has 0 aliphatic heterocycles. The third-order valence-electron chi connectivity index (χ3n) is 5.13. The largest absolute Gasteiger partial charge is 0.493 e. The average Bonchev–Trinajstić information content (AvgIpc) is 2.88. The second-order valence-corrected chi connectivity index (χ2v) is 9.49. The molecular weight excluding hydrogens is 615 g/mol. The minimum absolute atomic E-state index is 0.218. The highest BCUT2D eigenvalue weighted by molar-refractivity contribution is 14.1. The van der Waals surface area contributed by atoms with E-state index in [0.717, 1.165) is 11.1 Å². The number of ether oxygens (including phenoxy) is 3. The molecule has 0 aromatic heterocycles. The molecule has 3 rings (SSSR count). The van der Waals surface area contributed by atoms with Gasteiger partial charge in [-0.2, -0.15) is 5.10 Å². The van der Waals surface area contributed by atoms with Crippen molar-refractivity contribution in [3.63, 3.8) is 0 Å². The van der Waals surface area contributed by atoms with Crippen LogP contribution in [0.3, 0.4) is 0 Å². The molecule has 3 aromatic carbocycles. The lowest BCUT2D eigenvalue weighted by molar-refractivity contribution is -0.136. The van der Waals surface area contributed by atoms with Crippen LogP contribution in [0.5, 0.6) is 17.2 Å². The molecule has 0 unspecified atom stereocenters. The number of para-hydroxylation sites is 2. The molecule has 0 spiro atoms. The van der Waals surface area contributed by atoms with E-state index in [0.29, 0.717) is 44.4 Å². The lowest BCUT2D eigenvalue weighted by atomic mass is 10.1. The second-order valence-electron chi connectivity index (χ2n) is 8.33. The van der Waals surface area contributed by atoms with E-state index >= 15 is 0 Å². The van der Waals surface area contributed by atoms with Gasteiger partial charge in [0.05, 0.1) is 29.2 Å². The average molecular weight is 644 g/mol. The minimum Gasteiger partial charge on any atom is -0.493 e. The first kappa shape index (κ1) is 29.4. The lowest BCUT2D eigenvalue weighted by Crippen LogP contribution is -2.32. The molecule has 204 valence electrons. The topological polar surface area (TPSA) is 127 Å². The Morgan fingerprint density at radius 3 is 2.33 bits per heavy atom. The van der Waals surface area contributed by atoms with Crippen molar-refractivity contribution in [1.82, 2.24) is 5.43 Å². The number of hydrogen-bond donors (Lipinski definition) is 3. The highest BCUT2D eigenvalue weighted by Crippen LogP contribution is 2.33. The minimum atomic E-state index is -0.950. The van der Waals surface area contributed by atoms with Gasteiger partial charge in [-0.15, -0.1) is 0 Å². The number of nitrogens with zero attached hydrogens (tertiary/aromatic N) is 1. The molecule has 0 radical (unpaired) electrons. The molecular formula is C28H29IN4O6. The predicted molar refractivity (Wildman–Crippen MR) is 158 cm³/mol. The van der Waals surface area contributed by atoms with Gasteiger partial charge in [-0.05, 0) is 96.5 Å². The maximum atomic E-state index is 12.4. The van der Waals surface area contributed by atoms with Gasteiger partial charge in [0.25, 0.3) is 5.91 Å². The summed E-state index contributed by atoms with van der Waals surface area (Å²) in [4.78, 5) is 36.9. The summed E-state index contributed by atoms with van der Waals surface area (Å²) in [6, 6.07) is 15.9. The summed E-state index contributed by atoms with van der Waals surface area (Å²) in [6.07, 6.45) is 1.36. The van der Waals surface area contributed by atoms with Crippen LogP contribution in [0.1, 0.15) is 23.6 Å². The van der Waals surface area contributed by atoms with E-state index in [9.17, 15) is 14.4 Å². The van der Waals surface area contributed by atoms with Gasteiger partial charge in [-0.3, -0.25) is 14.4 Å². The maximum Gasteiger partial charge on any atom is 0.329 e. The Balaban J connectivity index is 1.59. The highest BCUT2D eigenvalue weighted by atomic mass is 127. The number of benzene rings is 3. The fourth-order valence-electron chi connectivity index (χ4n) is 3.58. The molecule has 3 N–H and O–H groups in total. The Morgan fingerprint density at radius 1 is 0.923 bits per heavy atom. The highest BCUT2D eigenvalue weighted by Gasteiger charge is 2.16. The van der Waals surface area contributed by atoms with Gasteiger partial charge in [-0.1, -0.05) is 18.2 Å². The van der Waals surface area contributed by atoms with Crippen LogP contribution in [-0.4, -0.2) is 44.3 Å². The fraction of sp³-hybridized carbons (Fsp3) is 0.214. The SMILES string of the molecule is CCOc1ccccc1NC(=O)C(=O)N/N=C\c1cc(I)c(OCC(=O)Nc2cc(C)cc(C)c2)c(OC)c1. The molecule has 3 amide bonds. The zero-order valence-corrected chi connectivity index (χ0v) is 24.1. The Morgan fingerprint density at radius 2 is 1.64 bits per heavy atom. The molecule has 10 nitrogen and oxygen atoms in total. The maximum absolute atomic E-state index is 12.4. The molecule has 39 heavy (non-hydrogen) atoms. The number of rotatable bonds is 10. The number of hydrazone groups is 1. The van der Waals surface area contributed by atoms with Gasteiger partial charge in [0, 0.05) is 5.69 Å². The van der Waals surface area contributed by atoms with E-state index in [1.807, 2.05) is 39.0 Å². The number of hydrogen-bond acceptors (Lipinski definition) is 7. The van der Waals surface area contributed by atoms with E-state index in [1.54, 1.807) is 36.4 Å². The summed E-state index contributed by atoms with van der Waals surface area (Å²) in [6.45, 7) is 5.93. The molecule has 0 atom stereocenters. The number of aryl methyl sites for hydroxylation is 2. The van der Waals surface area contributed by atoms with Crippen molar-refractivity contribution in [3.8, 4) is 17.2 Å². The second kappa shape index (κ2) is 14.1. The van der Waals surface area contributed by atoms with Crippen molar-refractivity contribution >= 4 is 57.9 Å². The molecule has 0 saturated heterocycles. The smallest absolute Gasteiger partial charge is 0.329 e. The summed E-state index contributed by atoms with van der Waals surface area (Å²) in [5, 5.41) is 9.19. The van der Waals surface area contributed by atoms with Crippen molar-refractivity contribution < 1.29 is 28.6 Å². The number of nitrogens with one attached hydrogen (secondary N) is 3. The summed E-state index contributed by atoms with van der Waals surface area (Å²) in [5.41, 5.74) is 5.93. The lowest BCUT2D eigenvalue weighted by Gasteiger charge is -2.14. The van der Waals surface area contributed by atoms with E-state index in [2.05, 4.69) is 43.8 Å². The number of methoxy groups -OCH3 is 1. The van der Waals surface area contributed by atoms with Crippen molar-refractivity contribution in [1.29, 1.82) is 0 Å². The predicted octanol–water partition coefficient (Wildman–Crippen LogP) is 4.42. The van der Waals surface area contributed by atoms with Gasteiger partial charge < -0.3 is 24.8 Å². The van der Waals surface area contributed by atoms with Crippen LogP contribution in [0.4, 0.5) is 11.4 Å². The molecule has 0 heterocycles. The van der Waals surface area contributed by atoms with Crippen molar-refractivity contribution in [2.75, 3.05) is 31.0 Å². The van der Waals surface area contributed by atoms with Crippen molar-refractivity contribution in [2.24, 2.45) is 5.10 Å². The third-order valence-corrected chi connectivity index (χ3v) is 5.93. The van der Waals surface area contributed by atoms with Crippen LogP contribution in [0.2, 0.25) is 0 Å². The van der Waals surface area contributed by atoms with Crippen LogP contribution in [-0.2, 0) is 14.4 Å². The molecule has 0 saturated carbocycles. The van der Waals surface area contributed by atoms with Gasteiger partial charge in [0.2, 0.25) is 0 Å². The third kappa shape index (κ3) is 8.70. The zero-order valence-electron chi connectivity index (χ0n) is 22.0. The first-order valence-corrected chi connectivity index (χ1v) is 13.0. The number of halogens is 1. The van der Waals surface area contributed by atoms with E-state index in [4.69, 9.17) is 14.2 Å². The van der Waals surface area contributed by atoms with E-state index in [1.165, 1.54) is 13.3 Å². The van der Waals surface area contributed by atoms with E-state index < -0.39 is 11.8 Å². The quantitative estimate of drug-likeness (QED) is 0.130. The Bertz CT molecular complexity index is 1370. The van der Waals surface area contributed by atoms with Gasteiger partial charge >= 0.3 is 11.8 Å². The van der Waals surface area contributed by atoms with Gasteiger partial charge in [0.15, 0.2) is 18.1 Å². The fourth-order valence-corrected chi connectivity index (χ4v) is 4.36. The van der Waals surface area contributed by atoms with Crippen LogP contribution in [0, 0.1) is 17.4 Å². The molecule has 0 bridgehead atoms. The summed E-state index contributed by atoms with van der Waals surface area (Å²) in [7, 11) is 1.47. The monoisotopic (exact) mass is 644 g/mol. The Kier molecular flexibility index (Phi) is 10.7. The number of amides is 3. The van der Waals surface area contributed by atoms with Crippen LogP contribution in [0.15, 0.2) is 59.7 Å². The summed E-state index contributed by atoms with van der Waals surface area (Å²) < 4.78 is 17.3. The Hall–Kier alpha value is -4.13. The molecule has 0 aliphatic carbocycles. The van der Waals surface area contributed by atoms with Gasteiger partial charge in [0.1, 0.15) is 5.75 Å². The number of carbonyl (C=O) groups is 3. The zero-order chi connectivity index (χ0) is 28.4. The summed E-state index contributed by atoms with van der Waals surface area (Å²) >= 11 is 2.05.